The molecule has 1 aliphatic rings. The van der Waals surface area contributed by atoms with E-state index in [2.05, 4.69) is 60.4 Å². The van der Waals surface area contributed by atoms with Gasteiger partial charge in [-0.1, -0.05) is 66.3 Å². The van der Waals surface area contributed by atoms with Crippen molar-refractivity contribution in [1.29, 1.82) is 5.26 Å². The number of nitriles is 1. The summed E-state index contributed by atoms with van der Waals surface area (Å²) in [4.78, 5) is 3.05. The summed E-state index contributed by atoms with van der Waals surface area (Å²) in [6.45, 7) is 3.81. The standard InChI is InChI=1S/C25H23N3S/c1-17-2-6-19(7-3-17)23-11-10-21(25(29)28-13-12-22(27)16-28)14-24(23)20-8-4-18(15-26)5-9-20/h2-11,14,22H,12-13,16,27H2,1H3/t22-/m0/s1. The third-order valence-corrected chi connectivity index (χ3v) is 5.96. The first-order chi connectivity index (χ1) is 14.0. The molecule has 4 heteroatoms. The van der Waals surface area contributed by atoms with E-state index in [0.29, 0.717) is 5.56 Å². The van der Waals surface area contributed by atoms with Crippen molar-refractivity contribution >= 4 is 17.2 Å². The zero-order chi connectivity index (χ0) is 20.4. The first kappa shape index (κ1) is 19.3. The molecular weight excluding hydrogens is 374 g/mol. The Morgan fingerprint density at radius 3 is 2.28 bits per heavy atom. The number of thiocarbonyl (C=S) groups is 1. The number of hydrogen-bond donors (Lipinski definition) is 1. The normalized spacial score (nSPS) is 15.9. The van der Waals surface area contributed by atoms with Crippen LogP contribution in [0.3, 0.4) is 0 Å². The second-order valence-electron chi connectivity index (χ2n) is 7.62. The minimum Gasteiger partial charge on any atom is -0.361 e. The number of nitrogens with zero attached hydrogens (tertiary/aromatic N) is 2. The maximum absolute atomic E-state index is 9.13. The summed E-state index contributed by atoms with van der Waals surface area (Å²) < 4.78 is 0. The van der Waals surface area contributed by atoms with Crippen molar-refractivity contribution in [2.45, 2.75) is 19.4 Å². The Kier molecular flexibility index (Phi) is 5.44. The molecule has 3 nitrogen and oxygen atoms in total. The quantitative estimate of drug-likeness (QED) is 0.638. The molecule has 1 atom stereocenters. The molecule has 1 heterocycles. The molecule has 144 valence electrons. The summed E-state index contributed by atoms with van der Waals surface area (Å²) in [6.07, 6.45) is 0.976. The van der Waals surface area contributed by atoms with Gasteiger partial charge in [0.15, 0.2) is 0 Å². The van der Waals surface area contributed by atoms with Gasteiger partial charge in [0.2, 0.25) is 0 Å². The summed E-state index contributed by atoms with van der Waals surface area (Å²) in [5, 5.41) is 9.13. The average molecular weight is 398 g/mol. The largest absolute Gasteiger partial charge is 0.361 e. The van der Waals surface area contributed by atoms with Crippen LogP contribution in [0.15, 0.2) is 66.7 Å². The molecule has 0 bridgehead atoms. The van der Waals surface area contributed by atoms with Crippen molar-refractivity contribution in [3.8, 4) is 28.3 Å². The van der Waals surface area contributed by atoms with Crippen LogP contribution in [0.5, 0.6) is 0 Å². The Bertz CT molecular complexity index is 1080. The summed E-state index contributed by atoms with van der Waals surface area (Å²) >= 11 is 5.79. The van der Waals surface area contributed by atoms with Crippen molar-refractivity contribution in [3.05, 3.63) is 83.4 Å². The van der Waals surface area contributed by atoms with Crippen LogP contribution in [0, 0.1) is 18.3 Å². The molecule has 4 rings (SSSR count). The van der Waals surface area contributed by atoms with Crippen LogP contribution in [0.1, 0.15) is 23.1 Å². The lowest BCUT2D eigenvalue weighted by molar-refractivity contribution is 0.520. The van der Waals surface area contributed by atoms with Crippen LogP contribution in [0.4, 0.5) is 0 Å². The number of likely N-dealkylation sites (tertiary alicyclic amines) is 1. The first-order valence-electron chi connectivity index (χ1n) is 9.81. The topological polar surface area (TPSA) is 53.0 Å². The molecular formula is C25H23N3S. The van der Waals surface area contributed by atoms with E-state index in [4.69, 9.17) is 23.2 Å². The van der Waals surface area contributed by atoms with Gasteiger partial charge in [-0.3, -0.25) is 0 Å². The fourth-order valence-corrected chi connectivity index (χ4v) is 4.07. The van der Waals surface area contributed by atoms with Gasteiger partial charge in [-0.2, -0.15) is 5.26 Å². The highest BCUT2D eigenvalue weighted by Gasteiger charge is 2.22. The molecule has 3 aromatic rings. The third kappa shape index (κ3) is 4.07. The molecule has 0 amide bonds. The van der Waals surface area contributed by atoms with Crippen molar-refractivity contribution in [2.75, 3.05) is 13.1 Å². The van der Waals surface area contributed by atoms with Crippen LogP contribution in [-0.4, -0.2) is 29.0 Å². The fourth-order valence-electron chi connectivity index (χ4n) is 3.78. The van der Waals surface area contributed by atoms with Gasteiger partial charge >= 0.3 is 0 Å². The number of aryl methyl sites for hydroxylation is 1. The number of benzene rings is 3. The van der Waals surface area contributed by atoms with Crippen LogP contribution >= 0.6 is 12.2 Å². The van der Waals surface area contributed by atoms with E-state index in [1.165, 1.54) is 5.56 Å². The molecule has 1 saturated heterocycles. The predicted molar refractivity (Wildman–Crippen MR) is 123 cm³/mol. The minimum atomic E-state index is 0.192. The molecule has 0 radical (unpaired) electrons. The van der Waals surface area contributed by atoms with Crippen molar-refractivity contribution in [3.63, 3.8) is 0 Å². The van der Waals surface area contributed by atoms with Crippen LogP contribution < -0.4 is 5.73 Å². The highest BCUT2D eigenvalue weighted by Crippen LogP contribution is 2.34. The van der Waals surface area contributed by atoms with Crippen molar-refractivity contribution < 1.29 is 0 Å². The molecule has 0 aromatic heterocycles. The molecule has 29 heavy (non-hydrogen) atoms. The van der Waals surface area contributed by atoms with E-state index >= 15 is 0 Å². The summed E-state index contributed by atoms with van der Waals surface area (Å²) in [5.74, 6) is 0. The van der Waals surface area contributed by atoms with Gasteiger partial charge in [0.25, 0.3) is 0 Å². The highest BCUT2D eigenvalue weighted by atomic mass is 32.1. The molecule has 0 spiro atoms. The zero-order valence-electron chi connectivity index (χ0n) is 16.4. The van der Waals surface area contributed by atoms with E-state index < -0.39 is 0 Å². The Balaban J connectivity index is 1.79. The lowest BCUT2D eigenvalue weighted by atomic mass is 9.92. The van der Waals surface area contributed by atoms with Gasteiger partial charge in [0, 0.05) is 24.7 Å². The Hall–Kier alpha value is -3.00. The van der Waals surface area contributed by atoms with Crippen molar-refractivity contribution in [1.82, 2.24) is 4.90 Å². The molecule has 0 aliphatic carbocycles. The van der Waals surface area contributed by atoms with E-state index in [1.54, 1.807) is 0 Å². The summed E-state index contributed by atoms with van der Waals surface area (Å²) in [5.41, 5.74) is 13.5. The van der Waals surface area contributed by atoms with Crippen molar-refractivity contribution in [2.24, 2.45) is 5.73 Å². The minimum absolute atomic E-state index is 0.192. The second kappa shape index (κ2) is 8.16. The molecule has 0 unspecified atom stereocenters. The maximum Gasteiger partial charge on any atom is 0.109 e. The Labute approximate surface area is 177 Å². The lowest BCUT2D eigenvalue weighted by Crippen LogP contribution is -2.31. The van der Waals surface area contributed by atoms with Gasteiger partial charge < -0.3 is 10.6 Å². The lowest BCUT2D eigenvalue weighted by Gasteiger charge is -2.21. The van der Waals surface area contributed by atoms with Crippen LogP contribution in [-0.2, 0) is 0 Å². The van der Waals surface area contributed by atoms with E-state index in [0.717, 1.165) is 52.3 Å². The van der Waals surface area contributed by atoms with E-state index in [1.807, 2.05) is 24.3 Å². The first-order valence-corrected chi connectivity index (χ1v) is 10.2. The van der Waals surface area contributed by atoms with Gasteiger partial charge in [-0.15, -0.1) is 0 Å². The van der Waals surface area contributed by atoms with Gasteiger partial charge in [0.1, 0.15) is 4.99 Å². The summed E-state index contributed by atoms with van der Waals surface area (Å²) in [6, 6.07) is 25.1. The molecule has 3 aromatic carbocycles. The van der Waals surface area contributed by atoms with Gasteiger partial charge in [-0.05, 0) is 53.8 Å². The molecule has 0 saturated carbocycles. The number of nitrogens with two attached hydrogens (primary N) is 1. The maximum atomic E-state index is 9.13. The summed E-state index contributed by atoms with van der Waals surface area (Å²) in [7, 11) is 0. The molecule has 1 fully saturated rings. The smallest absolute Gasteiger partial charge is 0.109 e. The van der Waals surface area contributed by atoms with Gasteiger partial charge in [0.05, 0.1) is 11.6 Å². The average Bonchev–Trinajstić information content (AvgIpc) is 3.20. The van der Waals surface area contributed by atoms with Crippen LogP contribution in [0.25, 0.3) is 22.3 Å². The van der Waals surface area contributed by atoms with Gasteiger partial charge in [-0.25, -0.2) is 0 Å². The molecule has 1 aliphatic heterocycles. The zero-order valence-corrected chi connectivity index (χ0v) is 17.2. The Morgan fingerprint density at radius 1 is 1.00 bits per heavy atom. The fraction of sp³-hybridized carbons (Fsp3) is 0.200. The van der Waals surface area contributed by atoms with Crippen LogP contribution in [0.2, 0.25) is 0 Å². The highest BCUT2D eigenvalue weighted by molar-refractivity contribution is 7.80. The second-order valence-corrected chi connectivity index (χ2v) is 8.00. The SMILES string of the molecule is Cc1ccc(-c2ccc(C(=S)N3CC[C@H](N)C3)cc2-c2ccc(C#N)cc2)cc1. The number of rotatable bonds is 3. The molecule has 2 N–H and O–H groups in total. The monoisotopic (exact) mass is 397 g/mol. The Morgan fingerprint density at radius 2 is 1.66 bits per heavy atom. The third-order valence-electron chi connectivity index (χ3n) is 5.47. The van der Waals surface area contributed by atoms with E-state index in [9.17, 15) is 0 Å². The van der Waals surface area contributed by atoms with E-state index in [-0.39, 0.29) is 6.04 Å². The predicted octanol–water partition coefficient (Wildman–Crippen LogP) is 4.91. The number of hydrogen-bond acceptors (Lipinski definition) is 3.